The van der Waals surface area contributed by atoms with Crippen LogP contribution in [0.4, 0.5) is 4.39 Å². The minimum absolute atomic E-state index is 0.370. The van der Waals surface area contributed by atoms with E-state index >= 15 is 0 Å². The Morgan fingerprint density at radius 1 is 1.33 bits per heavy atom. The average molecular weight is 255 g/mol. The fourth-order valence-corrected chi connectivity index (χ4v) is 1.37. The van der Waals surface area contributed by atoms with Crippen LogP contribution in [0.25, 0.3) is 0 Å². The lowest BCUT2D eigenvalue weighted by Gasteiger charge is -2.24. The molecule has 0 saturated heterocycles. The van der Waals surface area contributed by atoms with Crippen molar-refractivity contribution in [2.24, 2.45) is 5.73 Å². The van der Waals surface area contributed by atoms with Crippen LogP contribution in [0.1, 0.15) is 32.4 Å². The number of carbonyl (C=O) groups is 1. The number of halogens is 1. The van der Waals surface area contributed by atoms with Crippen molar-refractivity contribution < 1.29 is 19.0 Å². The molecule has 0 unspecified atom stereocenters. The van der Waals surface area contributed by atoms with Crippen LogP contribution in [0, 0.1) is 5.82 Å². The molecule has 0 heterocycles. The van der Waals surface area contributed by atoms with E-state index in [4.69, 9.17) is 10.5 Å². The van der Waals surface area contributed by atoms with Gasteiger partial charge in [0, 0.05) is 0 Å². The lowest BCUT2D eigenvalue weighted by Crippen LogP contribution is -2.41. The zero-order valence-electron chi connectivity index (χ0n) is 10.7. The van der Waals surface area contributed by atoms with Crippen LogP contribution in [0.15, 0.2) is 24.3 Å². The molecule has 0 spiro atoms. The topological polar surface area (TPSA) is 72.5 Å². The molecule has 0 aliphatic rings. The van der Waals surface area contributed by atoms with Gasteiger partial charge in [0.1, 0.15) is 23.6 Å². The first-order valence-electron chi connectivity index (χ1n) is 5.62. The molecular weight excluding hydrogens is 237 g/mol. The number of hydrogen-bond donors (Lipinski definition) is 2. The van der Waals surface area contributed by atoms with Crippen molar-refractivity contribution in [1.29, 1.82) is 0 Å². The van der Waals surface area contributed by atoms with Crippen molar-refractivity contribution in [2.75, 3.05) is 0 Å². The first kappa shape index (κ1) is 14.6. The van der Waals surface area contributed by atoms with Gasteiger partial charge in [-0.15, -0.1) is 0 Å². The fraction of sp³-hybridized carbons (Fsp3) is 0.462. The van der Waals surface area contributed by atoms with Gasteiger partial charge in [0.05, 0.1) is 0 Å². The van der Waals surface area contributed by atoms with Crippen LogP contribution in [-0.2, 0) is 9.53 Å². The molecule has 5 heteroatoms. The molecule has 0 fully saturated rings. The van der Waals surface area contributed by atoms with Gasteiger partial charge in [-0.1, -0.05) is 12.1 Å². The first-order chi connectivity index (χ1) is 8.20. The van der Waals surface area contributed by atoms with Crippen LogP contribution in [0.2, 0.25) is 0 Å². The van der Waals surface area contributed by atoms with Crippen LogP contribution >= 0.6 is 0 Å². The van der Waals surface area contributed by atoms with Gasteiger partial charge < -0.3 is 15.6 Å². The summed E-state index contributed by atoms with van der Waals surface area (Å²) in [5, 5.41) is 9.90. The van der Waals surface area contributed by atoms with E-state index in [1.165, 1.54) is 24.3 Å². The number of rotatable bonds is 3. The van der Waals surface area contributed by atoms with Gasteiger partial charge in [-0.2, -0.15) is 0 Å². The van der Waals surface area contributed by atoms with Crippen LogP contribution in [-0.4, -0.2) is 22.7 Å². The van der Waals surface area contributed by atoms with Crippen LogP contribution in [0.5, 0.6) is 0 Å². The Labute approximate surface area is 106 Å². The summed E-state index contributed by atoms with van der Waals surface area (Å²) in [5.41, 5.74) is 5.32. The van der Waals surface area contributed by atoms with Crippen LogP contribution < -0.4 is 5.73 Å². The minimum atomic E-state index is -1.22. The molecule has 0 amide bonds. The van der Waals surface area contributed by atoms with Crippen molar-refractivity contribution >= 4 is 5.97 Å². The summed E-state index contributed by atoms with van der Waals surface area (Å²) in [7, 11) is 0. The molecule has 0 aromatic heterocycles. The molecule has 18 heavy (non-hydrogen) atoms. The molecule has 1 rings (SSSR count). The fourth-order valence-electron chi connectivity index (χ4n) is 1.37. The smallest absolute Gasteiger partial charge is 0.326 e. The van der Waals surface area contributed by atoms with E-state index in [0.29, 0.717) is 5.56 Å². The molecule has 3 N–H and O–H groups in total. The maximum absolute atomic E-state index is 12.7. The van der Waals surface area contributed by atoms with Crippen molar-refractivity contribution in [3.05, 3.63) is 35.6 Å². The number of carbonyl (C=O) groups excluding carboxylic acids is 1. The number of ether oxygens (including phenoxy) is 1. The first-order valence-corrected chi connectivity index (χ1v) is 5.62. The Balaban J connectivity index is 2.74. The number of nitrogens with two attached hydrogens (primary N) is 1. The summed E-state index contributed by atoms with van der Waals surface area (Å²) in [4.78, 5) is 11.7. The third kappa shape index (κ3) is 4.09. The molecule has 2 atom stereocenters. The highest BCUT2D eigenvalue weighted by Gasteiger charge is 2.28. The van der Waals surface area contributed by atoms with Gasteiger partial charge in [-0.3, -0.25) is 4.79 Å². The minimum Gasteiger partial charge on any atom is -0.459 e. The van der Waals surface area contributed by atoms with Gasteiger partial charge in [0.15, 0.2) is 0 Å². The zero-order valence-corrected chi connectivity index (χ0v) is 10.7. The Bertz CT molecular complexity index is 411. The number of aliphatic hydroxyl groups excluding tert-OH is 1. The van der Waals surface area contributed by atoms with Crippen molar-refractivity contribution in [2.45, 2.75) is 38.5 Å². The molecule has 0 bridgehead atoms. The van der Waals surface area contributed by atoms with E-state index in [1.54, 1.807) is 20.8 Å². The molecule has 1 aromatic carbocycles. The molecule has 0 radical (unpaired) electrons. The molecule has 100 valence electrons. The van der Waals surface area contributed by atoms with Gasteiger partial charge in [-0.25, -0.2) is 4.39 Å². The van der Waals surface area contributed by atoms with E-state index in [0.717, 1.165) is 0 Å². The van der Waals surface area contributed by atoms with Gasteiger partial charge in [-0.05, 0) is 38.5 Å². The summed E-state index contributed by atoms with van der Waals surface area (Å²) in [6.07, 6.45) is -1.22. The summed E-state index contributed by atoms with van der Waals surface area (Å²) in [6.45, 7) is 5.13. The van der Waals surface area contributed by atoms with E-state index in [2.05, 4.69) is 0 Å². The molecule has 1 aromatic rings. The largest absolute Gasteiger partial charge is 0.459 e. The molecule has 0 aliphatic heterocycles. The number of hydrogen-bond acceptors (Lipinski definition) is 4. The molecule has 0 aliphatic carbocycles. The average Bonchev–Trinajstić information content (AvgIpc) is 2.26. The Kier molecular flexibility index (Phi) is 4.43. The second kappa shape index (κ2) is 5.46. The second-order valence-corrected chi connectivity index (χ2v) is 5.06. The highest BCUT2D eigenvalue weighted by Crippen LogP contribution is 2.18. The van der Waals surface area contributed by atoms with Crippen molar-refractivity contribution in [3.63, 3.8) is 0 Å². The highest BCUT2D eigenvalue weighted by molar-refractivity contribution is 5.77. The van der Waals surface area contributed by atoms with E-state index < -0.39 is 29.5 Å². The van der Waals surface area contributed by atoms with E-state index in [9.17, 15) is 14.3 Å². The summed E-state index contributed by atoms with van der Waals surface area (Å²) in [6, 6.07) is 3.95. The van der Waals surface area contributed by atoms with Crippen LogP contribution in [0.3, 0.4) is 0 Å². The Morgan fingerprint density at radius 3 is 2.28 bits per heavy atom. The standard InChI is InChI=1S/C13H18FNO3/c1-13(2,3)18-12(17)10(15)11(16)8-4-6-9(14)7-5-8/h4-7,10-11,16H,15H2,1-3H3/t10-,11+/m0/s1. The summed E-state index contributed by atoms with van der Waals surface area (Å²) in [5.74, 6) is -1.11. The summed E-state index contributed by atoms with van der Waals surface area (Å²) < 4.78 is 17.8. The maximum Gasteiger partial charge on any atom is 0.326 e. The quantitative estimate of drug-likeness (QED) is 0.803. The van der Waals surface area contributed by atoms with Gasteiger partial charge in [0.25, 0.3) is 0 Å². The van der Waals surface area contributed by atoms with Gasteiger partial charge >= 0.3 is 5.97 Å². The van der Waals surface area contributed by atoms with Crippen molar-refractivity contribution in [3.8, 4) is 0 Å². The predicted octanol–water partition coefficient (Wildman–Crippen LogP) is 1.53. The SMILES string of the molecule is CC(C)(C)OC(=O)[C@@H](N)[C@H](O)c1ccc(F)cc1. The van der Waals surface area contributed by atoms with Gasteiger partial charge in [0.2, 0.25) is 0 Å². The van der Waals surface area contributed by atoms with E-state index in [1.807, 2.05) is 0 Å². The Hall–Kier alpha value is -1.46. The third-order valence-electron chi connectivity index (χ3n) is 2.23. The van der Waals surface area contributed by atoms with E-state index in [-0.39, 0.29) is 0 Å². The normalized spacial score (nSPS) is 15.0. The highest BCUT2D eigenvalue weighted by atomic mass is 19.1. The molecule has 0 saturated carbocycles. The predicted molar refractivity (Wildman–Crippen MR) is 65.2 cm³/mol. The number of aliphatic hydroxyl groups is 1. The van der Waals surface area contributed by atoms with Crippen molar-refractivity contribution in [1.82, 2.24) is 0 Å². The monoisotopic (exact) mass is 255 g/mol. The lowest BCUT2D eigenvalue weighted by molar-refractivity contribution is -0.159. The second-order valence-electron chi connectivity index (χ2n) is 5.06. The Morgan fingerprint density at radius 2 is 1.83 bits per heavy atom. The lowest BCUT2D eigenvalue weighted by atomic mass is 10.0. The zero-order chi connectivity index (χ0) is 13.9. The third-order valence-corrected chi connectivity index (χ3v) is 2.23. The number of esters is 1. The molecule has 4 nitrogen and oxygen atoms in total. The summed E-state index contributed by atoms with van der Waals surface area (Å²) >= 11 is 0. The number of benzene rings is 1. The molecular formula is C13H18FNO3. The maximum atomic E-state index is 12.7.